The molecule has 0 N–H and O–H groups in total. The molecule has 2 aliphatic heterocycles. The van der Waals surface area contributed by atoms with E-state index in [-0.39, 0.29) is 11.8 Å². The number of benzene rings is 1. The maximum Gasteiger partial charge on any atom is 0.254 e. The Morgan fingerprint density at radius 3 is 2.78 bits per heavy atom. The molecule has 0 bridgehead atoms. The zero-order valence-electron chi connectivity index (χ0n) is 18.2. The van der Waals surface area contributed by atoms with Gasteiger partial charge in [0, 0.05) is 61.6 Å². The van der Waals surface area contributed by atoms with E-state index in [9.17, 15) is 4.79 Å². The predicted molar refractivity (Wildman–Crippen MR) is 123 cm³/mol. The normalized spacial score (nSPS) is 19.7. The van der Waals surface area contributed by atoms with Crippen molar-refractivity contribution in [2.75, 3.05) is 57.5 Å². The molecular formula is C25H28N4O3. The molecule has 7 heteroatoms. The van der Waals surface area contributed by atoms with Crippen LogP contribution in [0.2, 0.25) is 0 Å². The van der Waals surface area contributed by atoms with Gasteiger partial charge in [0.05, 0.1) is 26.4 Å². The lowest BCUT2D eigenvalue weighted by molar-refractivity contribution is 0.0737. The van der Waals surface area contributed by atoms with Crippen molar-refractivity contribution in [3.8, 4) is 0 Å². The first-order valence-corrected chi connectivity index (χ1v) is 11.3. The third-order valence-electron chi connectivity index (χ3n) is 6.21. The molecule has 2 saturated heterocycles. The summed E-state index contributed by atoms with van der Waals surface area (Å²) in [4.78, 5) is 26.4. The van der Waals surface area contributed by atoms with E-state index in [0.717, 1.165) is 30.7 Å². The summed E-state index contributed by atoms with van der Waals surface area (Å²) in [6.45, 7) is 5.42. The van der Waals surface area contributed by atoms with Crippen molar-refractivity contribution in [3.63, 3.8) is 0 Å². The number of hydrogen-bond donors (Lipinski definition) is 0. The third kappa shape index (κ3) is 4.59. The number of morpholine rings is 1. The van der Waals surface area contributed by atoms with E-state index < -0.39 is 0 Å². The second-order valence-corrected chi connectivity index (χ2v) is 8.42. The number of anilines is 1. The van der Waals surface area contributed by atoms with Crippen molar-refractivity contribution >= 4 is 22.5 Å². The molecule has 5 rings (SSSR count). The molecule has 1 atom stereocenters. The molecule has 0 spiro atoms. The minimum Gasteiger partial charge on any atom is -0.379 e. The van der Waals surface area contributed by atoms with Crippen LogP contribution in [-0.2, 0) is 15.9 Å². The van der Waals surface area contributed by atoms with Crippen molar-refractivity contribution in [1.29, 1.82) is 0 Å². The zero-order chi connectivity index (χ0) is 21.8. The van der Waals surface area contributed by atoms with E-state index in [1.54, 1.807) is 6.20 Å². The highest BCUT2D eigenvalue weighted by molar-refractivity contribution is 5.95. The maximum atomic E-state index is 13.4. The Morgan fingerprint density at radius 1 is 1.03 bits per heavy atom. The van der Waals surface area contributed by atoms with E-state index in [1.165, 1.54) is 10.9 Å². The molecule has 4 heterocycles. The molecular weight excluding hydrogens is 404 g/mol. The van der Waals surface area contributed by atoms with Crippen LogP contribution >= 0.6 is 0 Å². The molecule has 166 valence electrons. The molecule has 2 aromatic heterocycles. The SMILES string of the molecule is O=C(c1ccnc(N2CCOCC2)c1)N1CCOC[C@H](Cc2cncc3ccccc23)C1. The van der Waals surface area contributed by atoms with E-state index in [1.807, 2.05) is 35.5 Å². The van der Waals surface area contributed by atoms with Crippen LogP contribution in [0.1, 0.15) is 15.9 Å². The van der Waals surface area contributed by atoms with Crippen LogP contribution in [0.5, 0.6) is 0 Å². The molecule has 0 aliphatic carbocycles. The number of amides is 1. The number of nitrogens with zero attached hydrogens (tertiary/aromatic N) is 4. The van der Waals surface area contributed by atoms with Gasteiger partial charge in [0.1, 0.15) is 5.82 Å². The fourth-order valence-corrected chi connectivity index (χ4v) is 4.54. The van der Waals surface area contributed by atoms with E-state index in [0.29, 0.717) is 45.1 Å². The number of carbonyl (C=O) groups is 1. The number of aromatic nitrogens is 2. The van der Waals surface area contributed by atoms with E-state index in [4.69, 9.17) is 9.47 Å². The van der Waals surface area contributed by atoms with Gasteiger partial charge in [0.2, 0.25) is 0 Å². The molecule has 0 unspecified atom stereocenters. The molecule has 2 aliphatic rings. The lowest BCUT2D eigenvalue weighted by Gasteiger charge is -2.28. The Balaban J connectivity index is 1.32. The number of ether oxygens (including phenoxy) is 2. The third-order valence-corrected chi connectivity index (χ3v) is 6.21. The first kappa shape index (κ1) is 20.8. The highest BCUT2D eigenvalue weighted by atomic mass is 16.5. The first-order valence-electron chi connectivity index (χ1n) is 11.3. The standard InChI is InChI=1S/C25H28N4O3/c30-25(20-5-6-27-24(14-20)28-7-10-31-11-8-28)29-9-12-32-18-19(17-29)13-22-16-26-15-21-3-1-2-4-23(21)22/h1-6,14-16,19H,7-13,17-18H2/t19-/m1/s1. The molecule has 7 nitrogen and oxygen atoms in total. The van der Waals surface area contributed by atoms with Gasteiger partial charge in [-0.2, -0.15) is 0 Å². The van der Waals surface area contributed by atoms with Crippen molar-refractivity contribution in [2.24, 2.45) is 5.92 Å². The molecule has 0 radical (unpaired) electrons. The van der Waals surface area contributed by atoms with Gasteiger partial charge >= 0.3 is 0 Å². The minimum atomic E-state index is 0.0356. The van der Waals surface area contributed by atoms with Gasteiger partial charge < -0.3 is 19.3 Å². The van der Waals surface area contributed by atoms with Crippen LogP contribution in [0.3, 0.4) is 0 Å². The van der Waals surface area contributed by atoms with Crippen LogP contribution in [0.25, 0.3) is 10.8 Å². The summed E-state index contributed by atoms with van der Waals surface area (Å²) in [7, 11) is 0. The van der Waals surface area contributed by atoms with Crippen LogP contribution in [0.15, 0.2) is 55.0 Å². The first-order chi connectivity index (χ1) is 15.8. The fraction of sp³-hybridized carbons (Fsp3) is 0.400. The molecule has 2 fully saturated rings. The second-order valence-electron chi connectivity index (χ2n) is 8.42. The lowest BCUT2D eigenvalue weighted by atomic mass is 9.96. The Hall–Kier alpha value is -3.03. The quantitative estimate of drug-likeness (QED) is 0.632. The Kier molecular flexibility index (Phi) is 6.27. The predicted octanol–water partition coefficient (Wildman–Crippen LogP) is 2.80. The molecule has 1 aromatic carbocycles. The van der Waals surface area contributed by atoms with Crippen molar-refractivity contribution < 1.29 is 14.3 Å². The number of fused-ring (bicyclic) bond motifs is 1. The van der Waals surface area contributed by atoms with Gasteiger partial charge in [-0.3, -0.25) is 9.78 Å². The number of rotatable bonds is 4. The zero-order valence-corrected chi connectivity index (χ0v) is 18.2. The summed E-state index contributed by atoms with van der Waals surface area (Å²) in [5.41, 5.74) is 1.87. The summed E-state index contributed by atoms with van der Waals surface area (Å²) in [6.07, 6.45) is 6.39. The van der Waals surface area contributed by atoms with Crippen molar-refractivity contribution in [2.45, 2.75) is 6.42 Å². The maximum absolute atomic E-state index is 13.4. The van der Waals surface area contributed by atoms with Gasteiger partial charge in [0.15, 0.2) is 0 Å². The van der Waals surface area contributed by atoms with E-state index in [2.05, 4.69) is 33.1 Å². The van der Waals surface area contributed by atoms with Gasteiger partial charge in [0.25, 0.3) is 5.91 Å². The number of hydrogen-bond acceptors (Lipinski definition) is 6. The molecule has 32 heavy (non-hydrogen) atoms. The highest BCUT2D eigenvalue weighted by Gasteiger charge is 2.25. The summed E-state index contributed by atoms with van der Waals surface area (Å²) >= 11 is 0. The Labute approximate surface area is 188 Å². The molecule has 1 amide bonds. The smallest absolute Gasteiger partial charge is 0.254 e. The fourth-order valence-electron chi connectivity index (χ4n) is 4.54. The van der Waals surface area contributed by atoms with E-state index >= 15 is 0 Å². The average molecular weight is 433 g/mol. The Bertz CT molecular complexity index is 1080. The van der Waals surface area contributed by atoms with Crippen LogP contribution < -0.4 is 4.90 Å². The van der Waals surface area contributed by atoms with Crippen molar-refractivity contribution in [3.05, 3.63) is 66.1 Å². The van der Waals surface area contributed by atoms with Crippen LogP contribution in [0, 0.1) is 5.92 Å². The monoisotopic (exact) mass is 432 g/mol. The minimum absolute atomic E-state index is 0.0356. The summed E-state index contributed by atoms with van der Waals surface area (Å²) in [5, 5.41) is 2.36. The van der Waals surface area contributed by atoms with Crippen LogP contribution in [0.4, 0.5) is 5.82 Å². The topological polar surface area (TPSA) is 67.8 Å². The van der Waals surface area contributed by atoms with Gasteiger partial charge in [-0.1, -0.05) is 24.3 Å². The summed E-state index contributed by atoms with van der Waals surface area (Å²) in [6, 6.07) is 12.0. The van der Waals surface area contributed by atoms with Gasteiger partial charge in [-0.25, -0.2) is 4.98 Å². The molecule has 3 aromatic rings. The number of pyridine rings is 2. The average Bonchev–Trinajstić information content (AvgIpc) is 3.10. The van der Waals surface area contributed by atoms with Gasteiger partial charge in [-0.05, 0) is 29.5 Å². The largest absolute Gasteiger partial charge is 0.379 e. The van der Waals surface area contributed by atoms with Crippen molar-refractivity contribution in [1.82, 2.24) is 14.9 Å². The molecule has 0 saturated carbocycles. The number of carbonyl (C=O) groups excluding carboxylic acids is 1. The summed E-state index contributed by atoms with van der Waals surface area (Å²) < 4.78 is 11.3. The lowest BCUT2D eigenvalue weighted by Crippen LogP contribution is -2.38. The highest BCUT2D eigenvalue weighted by Crippen LogP contribution is 2.23. The Morgan fingerprint density at radius 2 is 1.88 bits per heavy atom. The summed E-state index contributed by atoms with van der Waals surface area (Å²) in [5.74, 6) is 1.09. The van der Waals surface area contributed by atoms with Crippen LogP contribution in [-0.4, -0.2) is 73.4 Å². The second kappa shape index (κ2) is 9.63. The van der Waals surface area contributed by atoms with Gasteiger partial charge in [-0.15, -0.1) is 0 Å².